The van der Waals surface area contributed by atoms with Crippen molar-refractivity contribution in [1.82, 2.24) is 24.5 Å². The van der Waals surface area contributed by atoms with Gasteiger partial charge in [-0.05, 0) is 49.4 Å². The van der Waals surface area contributed by atoms with Crippen molar-refractivity contribution in [2.24, 2.45) is 0 Å². The second-order valence-electron chi connectivity index (χ2n) is 6.53. The summed E-state index contributed by atoms with van der Waals surface area (Å²) in [4.78, 5) is 0.195. The van der Waals surface area contributed by atoms with Crippen LogP contribution in [0, 0.1) is 12.7 Å². The van der Waals surface area contributed by atoms with Gasteiger partial charge in [0.15, 0.2) is 11.5 Å². The Hall–Kier alpha value is -3.37. The van der Waals surface area contributed by atoms with E-state index in [4.69, 9.17) is 4.74 Å². The van der Waals surface area contributed by atoms with Crippen LogP contribution in [-0.4, -0.2) is 41.4 Å². The number of nitrogens with one attached hydrogen (secondary N) is 1. The van der Waals surface area contributed by atoms with Gasteiger partial charge >= 0.3 is 0 Å². The van der Waals surface area contributed by atoms with Gasteiger partial charge in [-0.3, -0.25) is 0 Å². The molecule has 0 atom stereocenters. The van der Waals surface area contributed by atoms with E-state index >= 15 is 0 Å². The van der Waals surface area contributed by atoms with Crippen molar-refractivity contribution >= 4 is 15.7 Å². The first kappa shape index (κ1) is 19.9. The van der Waals surface area contributed by atoms with Gasteiger partial charge in [-0.1, -0.05) is 17.7 Å². The third-order valence-corrected chi connectivity index (χ3v) is 5.79. The van der Waals surface area contributed by atoms with Crippen molar-refractivity contribution in [2.75, 3.05) is 13.2 Å². The van der Waals surface area contributed by atoms with E-state index in [0.29, 0.717) is 17.0 Å². The number of hydrogen-bond acceptors (Lipinski definition) is 6. The molecule has 2 aromatic heterocycles. The smallest absolute Gasteiger partial charge is 0.240 e. The Kier molecular flexibility index (Phi) is 5.42. The second kappa shape index (κ2) is 8.17. The zero-order chi connectivity index (χ0) is 21.1. The molecule has 0 amide bonds. The van der Waals surface area contributed by atoms with E-state index < -0.39 is 10.0 Å². The van der Waals surface area contributed by atoms with Crippen LogP contribution < -0.4 is 9.46 Å². The van der Waals surface area contributed by atoms with Gasteiger partial charge in [0.1, 0.15) is 12.4 Å². The van der Waals surface area contributed by atoms with Crippen LogP contribution in [0.2, 0.25) is 0 Å². The Labute approximate surface area is 172 Å². The number of aromatic nitrogens is 4. The topological polar surface area (TPSA) is 98.5 Å². The van der Waals surface area contributed by atoms with Gasteiger partial charge in [0.05, 0.1) is 4.90 Å². The highest BCUT2D eigenvalue weighted by molar-refractivity contribution is 7.89. The van der Waals surface area contributed by atoms with Gasteiger partial charge in [-0.2, -0.15) is 4.52 Å². The summed E-state index contributed by atoms with van der Waals surface area (Å²) in [5.41, 5.74) is 2.13. The molecule has 0 spiro atoms. The highest BCUT2D eigenvalue weighted by atomic mass is 32.2. The largest absolute Gasteiger partial charge is 0.475 e. The number of ether oxygens (including phenoxy) is 1. The number of sulfonamides is 1. The Balaban J connectivity index is 1.42. The monoisotopic (exact) mass is 427 g/mol. The van der Waals surface area contributed by atoms with Crippen molar-refractivity contribution in [3.8, 4) is 17.3 Å². The van der Waals surface area contributed by atoms with Gasteiger partial charge in [0.2, 0.25) is 15.9 Å². The van der Waals surface area contributed by atoms with E-state index in [0.717, 1.165) is 5.56 Å². The summed E-state index contributed by atoms with van der Waals surface area (Å²) in [6.07, 6.45) is 0. The van der Waals surface area contributed by atoms with Crippen molar-refractivity contribution in [3.63, 3.8) is 0 Å². The van der Waals surface area contributed by atoms with Crippen molar-refractivity contribution in [1.29, 1.82) is 0 Å². The van der Waals surface area contributed by atoms with Gasteiger partial charge in [-0.25, -0.2) is 17.5 Å². The fourth-order valence-electron chi connectivity index (χ4n) is 2.76. The van der Waals surface area contributed by atoms with E-state index in [1.807, 2.05) is 6.92 Å². The van der Waals surface area contributed by atoms with Crippen LogP contribution in [0.15, 0.2) is 65.6 Å². The first-order valence-electron chi connectivity index (χ1n) is 9.10. The van der Waals surface area contributed by atoms with Gasteiger partial charge in [0.25, 0.3) is 0 Å². The Morgan fingerprint density at radius 3 is 2.47 bits per heavy atom. The number of nitrogens with zero attached hydrogens (tertiary/aromatic N) is 4. The molecule has 30 heavy (non-hydrogen) atoms. The highest BCUT2D eigenvalue weighted by Gasteiger charge is 2.14. The average Bonchev–Trinajstić information content (AvgIpc) is 3.15. The molecule has 0 aliphatic carbocycles. The number of halogens is 1. The summed E-state index contributed by atoms with van der Waals surface area (Å²) in [5.74, 6) is 0.369. The van der Waals surface area contributed by atoms with E-state index in [-0.39, 0.29) is 29.7 Å². The molecule has 0 fully saturated rings. The molecule has 154 valence electrons. The van der Waals surface area contributed by atoms with Crippen LogP contribution >= 0.6 is 0 Å². The summed E-state index contributed by atoms with van der Waals surface area (Å²) >= 11 is 0. The zero-order valence-electron chi connectivity index (χ0n) is 16.0. The Bertz CT molecular complexity index is 1270. The molecule has 0 radical (unpaired) electrons. The molecule has 10 heteroatoms. The molecule has 8 nitrogen and oxygen atoms in total. The van der Waals surface area contributed by atoms with E-state index in [2.05, 4.69) is 20.0 Å². The molecule has 4 aromatic rings. The lowest BCUT2D eigenvalue weighted by Gasteiger charge is -2.08. The van der Waals surface area contributed by atoms with Crippen LogP contribution in [0.25, 0.3) is 17.0 Å². The number of rotatable bonds is 7. The van der Waals surface area contributed by atoms with Crippen LogP contribution in [0.1, 0.15) is 5.56 Å². The van der Waals surface area contributed by atoms with Crippen molar-refractivity contribution in [3.05, 3.63) is 72.0 Å². The lowest BCUT2D eigenvalue weighted by Crippen LogP contribution is -2.28. The second-order valence-corrected chi connectivity index (χ2v) is 8.30. The molecule has 4 rings (SSSR count). The first-order chi connectivity index (χ1) is 14.4. The molecular weight excluding hydrogens is 409 g/mol. The number of benzene rings is 2. The summed E-state index contributed by atoms with van der Waals surface area (Å²) in [5, 5.41) is 12.5. The molecule has 2 aromatic carbocycles. The number of aryl methyl sites for hydroxylation is 1. The molecule has 0 unspecified atom stereocenters. The predicted octanol–water partition coefficient (Wildman–Crippen LogP) is 2.60. The van der Waals surface area contributed by atoms with Gasteiger partial charge < -0.3 is 4.74 Å². The maximum Gasteiger partial charge on any atom is 0.240 e. The third kappa shape index (κ3) is 4.29. The summed E-state index contributed by atoms with van der Waals surface area (Å²) in [6.45, 7) is 2.04. The summed E-state index contributed by atoms with van der Waals surface area (Å²) in [6, 6.07) is 15.7. The zero-order valence-corrected chi connectivity index (χ0v) is 16.8. The van der Waals surface area contributed by atoms with Crippen LogP contribution in [0.3, 0.4) is 0 Å². The molecule has 1 N–H and O–H groups in total. The maximum atomic E-state index is 13.2. The SMILES string of the molecule is Cc1ccc(S(=O)(=O)NCCOc2ccc3nnc(-c4ccc(F)cc4)n3n2)cc1. The Morgan fingerprint density at radius 1 is 1.00 bits per heavy atom. The fourth-order valence-corrected chi connectivity index (χ4v) is 3.77. The molecular formula is C20H18FN5O3S. The quantitative estimate of drug-likeness (QED) is 0.455. The standard InChI is InChI=1S/C20H18FN5O3S/c1-14-2-8-17(9-3-14)30(27,28)22-12-13-29-19-11-10-18-23-24-20(26(18)25-19)15-4-6-16(21)7-5-15/h2-11,22H,12-13H2,1H3. The highest BCUT2D eigenvalue weighted by Crippen LogP contribution is 2.19. The predicted molar refractivity (Wildman–Crippen MR) is 108 cm³/mol. The van der Waals surface area contributed by atoms with Crippen LogP contribution in [0.5, 0.6) is 5.88 Å². The van der Waals surface area contributed by atoms with Crippen molar-refractivity contribution in [2.45, 2.75) is 11.8 Å². The molecule has 0 aliphatic heterocycles. The summed E-state index contributed by atoms with van der Waals surface area (Å²) < 4.78 is 47.3. The normalized spacial score (nSPS) is 11.7. The lowest BCUT2D eigenvalue weighted by atomic mass is 10.2. The molecule has 0 saturated carbocycles. The third-order valence-electron chi connectivity index (χ3n) is 4.32. The molecule has 0 aliphatic rings. The van der Waals surface area contributed by atoms with E-state index in [1.165, 1.54) is 16.6 Å². The summed E-state index contributed by atoms with van der Waals surface area (Å²) in [7, 11) is -3.61. The maximum absolute atomic E-state index is 13.2. The average molecular weight is 427 g/mol. The lowest BCUT2D eigenvalue weighted by molar-refractivity contribution is 0.306. The van der Waals surface area contributed by atoms with Crippen LogP contribution in [-0.2, 0) is 10.0 Å². The fraction of sp³-hybridized carbons (Fsp3) is 0.150. The number of hydrogen-bond donors (Lipinski definition) is 1. The minimum atomic E-state index is -3.61. The minimum absolute atomic E-state index is 0.0723. The Morgan fingerprint density at radius 2 is 1.73 bits per heavy atom. The molecule has 0 saturated heterocycles. The van der Waals surface area contributed by atoms with E-state index in [9.17, 15) is 12.8 Å². The first-order valence-corrected chi connectivity index (χ1v) is 10.6. The van der Waals surface area contributed by atoms with Gasteiger partial charge in [-0.15, -0.1) is 15.3 Å². The molecule has 0 bridgehead atoms. The minimum Gasteiger partial charge on any atom is -0.475 e. The van der Waals surface area contributed by atoms with Gasteiger partial charge in [0, 0.05) is 18.2 Å². The molecule has 2 heterocycles. The van der Waals surface area contributed by atoms with E-state index in [1.54, 1.807) is 48.5 Å². The van der Waals surface area contributed by atoms with Crippen molar-refractivity contribution < 1.29 is 17.5 Å². The van der Waals surface area contributed by atoms with Crippen LogP contribution in [0.4, 0.5) is 4.39 Å². The number of fused-ring (bicyclic) bond motifs is 1.